The molecule has 0 saturated heterocycles. The van der Waals surface area contributed by atoms with Gasteiger partial charge in [-0.3, -0.25) is 0 Å². The van der Waals surface area contributed by atoms with Crippen molar-refractivity contribution in [1.29, 1.82) is 0 Å². The SMILES string of the molecule is CCC(N)c1cccc(-c2cccc(F)c2C)c1. The maximum atomic E-state index is 13.6. The Labute approximate surface area is 107 Å². The molecule has 2 aromatic carbocycles. The summed E-state index contributed by atoms with van der Waals surface area (Å²) < 4.78 is 13.6. The Bertz CT molecular complexity index is 549. The Balaban J connectivity index is 2.48. The fraction of sp³-hybridized carbons (Fsp3) is 0.250. The Morgan fingerprint density at radius 1 is 1.17 bits per heavy atom. The standard InChI is InChI=1S/C16H18FN/c1-3-16(18)13-7-4-6-12(10-13)14-8-5-9-15(17)11(14)2/h4-10,16H,3,18H2,1-2H3. The molecule has 94 valence electrons. The van der Waals surface area contributed by atoms with E-state index in [-0.39, 0.29) is 11.9 Å². The molecule has 0 aliphatic heterocycles. The maximum Gasteiger partial charge on any atom is 0.126 e. The molecule has 18 heavy (non-hydrogen) atoms. The molecular formula is C16H18FN. The molecule has 0 heterocycles. The average Bonchev–Trinajstić information content (AvgIpc) is 2.41. The highest BCUT2D eigenvalue weighted by atomic mass is 19.1. The molecule has 1 nitrogen and oxygen atoms in total. The summed E-state index contributed by atoms with van der Waals surface area (Å²) in [6.45, 7) is 3.86. The molecule has 0 aliphatic carbocycles. The third kappa shape index (κ3) is 2.44. The number of halogens is 1. The first kappa shape index (κ1) is 12.8. The molecule has 0 aromatic heterocycles. The summed E-state index contributed by atoms with van der Waals surface area (Å²) in [6.07, 6.45) is 0.894. The summed E-state index contributed by atoms with van der Waals surface area (Å²) in [7, 11) is 0. The van der Waals surface area contributed by atoms with Gasteiger partial charge < -0.3 is 5.73 Å². The number of nitrogens with two attached hydrogens (primary N) is 1. The molecule has 0 amide bonds. The van der Waals surface area contributed by atoms with Gasteiger partial charge in [0.2, 0.25) is 0 Å². The van der Waals surface area contributed by atoms with Crippen LogP contribution in [0.15, 0.2) is 42.5 Å². The van der Waals surface area contributed by atoms with E-state index in [9.17, 15) is 4.39 Å². The van der Waals surface area contributed by atoms with Gasteiger partial charge in [-0.15, -0.1) is 0 Å². The van der Waals surface area contributed by atoms with E-state index in [0.29, 0.717) is 5.56 Å². The topological polar surface area (TPSA) is 26.0 Å². The van der Waals surface area contributed by atoms with Crippen LogP contribution >= 0.6 is 0 Å². The van der Waals surface area contributed by atoms with Crippen molar-refractivity contribution in [2.75, 3.05) is 0 Å². The minimum absolute atomic E-state index is 0.0406. The first-order valence-corrected chi connectivity index (χ1v) is 6.24. The van der Waals surface area contributed by atoms with Crippen LogP contribution in [0.4, 0.5) is 4.39 Å². The smallest absolute Gasteiger partial charge is 0.126 e. The zero-order chi connectivity index (χ0) is 13.1. The van der Waals surface area contributed by atoms with Crippen molar-refractivity contribution in [1.82, 2.24) is 0 Å². The summed E-state index contributed by atoms with van der Waals surface area (Å²) in [5.41, 5.74) is 9.76. The normalized spacial score (nSPS) is 12.4. The van der Waals surface area contributed by atoms with Crippen molar-refractivity contribution in [2.45, 2.75) is 26.3 Å². The zero-order valence-corrected chi connectivity index (χ0v) is 10.8. The van der Waals surface area contributed by atoms with E-state index in [1.54, 1.807) is 13.0 Å². The number of rotatable bonds is 3. The number of benzene rings is 2. The number of hydrogen-bond donors (Lipinski definition) is 1. The van der Waals surface area contributed by atoms with E-state index in [2.05, 4.69) is 13.0 Å². The van der Waals surface area contributed by atoms with Crippen molar-refractivity contribution in [3.8, 4) is 11.1 Å². The highest BCUT2D eigenvalue weighted by Crippen LogP contribution is 2.27. The van der Waals surface area contributed by atoms with Crippen LogP contribution in [0.3, 0.4) is 0 Å². The maximum absolute atomic E-state index is 13.6. The number of hydrogen-bond acceptors (Lipinski definition) is 1. The quantitative estimate of drug-likeness (QED) is 0.858. The van der Waals surface area contributed by atoms with Gasteiger partial charge in [-0.25, -0.2) is 4.39 Å². The summed E-state index contributed by atoms with van der Waals surface area (Å²) >= 11 is 0. The van der Waals surface area contributed by atoms with Gasteiger partial charge in [0.15, 0.2) is 0 Å². The van der Waals surface area contributed by atoms with Crippen LogP contribution in [0.1, 0.15) is 30.5 Å². The lowest BCUT2D eigenvalue weighted by Gasteiger charge is -2.12. The van der Waals surface area contributed by atoms with Crippen molar-refractivity contribution in [3.05, 3.63) is 59.4 Å². The van der Waals surface area contributed by atoms with Crippen LogP contribution in [0, 0.1) is 12.7 Å². The molecule has 2 heteroatoms. The molecular weight excluding hydrogens is 225 g/mol. The van der Waals surface area contributed by atoms with Crippen molar-refractivity contribution < 1.29 is 4.39 Å². The lowest BCUT2D eigenvalue weighted by molar-refractivity contribution is 0.619. The molecule has 2 aromatic rings. The third-order valence-corrected chi connectivity index (χ3v) is 3.33. The van der Waals surface area contributed by atoms with E-state index in [4.69, 9.17) is 5.73 Å². The first-order chi connectivity index (χ1) is 8.63. The third-order valence-electron chi connectivity index (χ3n) is 3.33. The molecule has 0 aliphatic rings. The van der Waals surface area contributed by atoms with Crippen LogP contribution in [0.2, 0.25) is 0 Å². The zero-order valence-electron chi connectivity index (χ0n) is 10.8. The van der Waals surface area contributed by atoms with E-state index < -0.39 is 0 Å². The molecule has 2 rings (SSSR count). The van der Waals surface area contributed by atoms with E-state index >= 15 is 0 Å². The summed E-state index contributed by atoms with van der Waals surface area (Å²) in [5.74, 6) is -0.169. The van der Waals surface area contributed by atoms with Crippen LogP contribution in [0.5, 0.6) is 0 Å². The fourth-order valence-electron chi connectivity index (χ4n) is 2.09. The van der Waals surface area contributed by atoms with Crippen LogP contribution in [0.25, 0.3) is 11.1 Å². The molecule has 2 N–H and O–H groups in total. The minimum atomic E-state index is -0.169. The van der Waals surface area contributed by atoms with Gasteiger partial charge in [0.1, 0.15) is 5.82 Å². The Kier molecular flexibility index (Phi) is 3.78. The molecule has 0 spiro atoms. The average molecular weight is 243 g/mol. The Morgan fingerprint density at radius 2 is 1.89 bits per heavy atom. The van der Waals surface area contributed by atoms with E-state index in [1.165, 1.54) is 6.07 Å². The van der Waals surface area contributed by atoms with E-state index in [0.717, 1.165) is 23.1 Å². The predicted octanol–water partition coefficient (Wildman–Crippen LogP) is 4.21. The second-order valence-electron chi connectivity index (χ2n) is 4.55. The van der Waals surface area contributed by atoms with Crippen molar-refractivity contribution in [3.63, 3.8) is 0 Å². The monoisotopic (exact) mass is 243 g/mol. The highest BCUT2D eigenvalue weighted by molar-refractivity contribution is 5.68. The second-order valence-corrected chi connectivity index (χ2v) is 4.55. The highest BCUT2D eigenvalue weighted by Gasteiger charge is 2.08. The Hall–Kier alpha value is -1.67. The predicted molar refractivity (Wildman–Crippen MR) is 73.8 cm³/mol. The van der Waals surface area contributed by atoms with Gasteiger partial charge in [-0.05, 0) is 47.7 Å². The molecule has 0 fully saturated rings. The summed E-state index contributed by atoms with van der Waals surface area (Å²) in [6, 6.07) is 13.2. The van der Waals surface area contributed by atoms with Crippen molar-refractivity contribution >= 4 is 0 Å². The fourth-order valence-corrected chi connectivity index (χ4v) is 2.09. The molecule has 0 bridgehead atoms. The molecule has 1 atom stereocenters. The first-order valence-electron chi connectivity index (χ1n) is 6.24. The summed E-state index contributed by atoms with van der Waals surface area (Å²) in [4.78, 5) is 0. The lowest BCUT2D eigenvalue weighted by Crippen LogP contribution is -2.08. The van der Waals surface area contributed by atoms with Crippen LogP contribution in [-0.2, 0) is 0 Å². The van der Waals surface area contributed by atoms with Crippen LogP contribution in [-0.4, -0.2) is 0 Å². The van der Waals surface area contributed by atoms with Gasteiger partial charge in [0, 0.05) is 6.04 Å². The van der Waals surface area contributed by atoms with E-state index in [1.807, 2.05) is 24.3 Å². The molecule has 0 radical (unpaired) electrons. The van der Waals surface area contributed by atoms with Gasteiger partial charge in [-0.1, -0.05) is 37.3 Å². The van der Waals surface area contributed by atoms with Gasteiger partial charge >= 0.3 is 0 Å². The summed E-state index contributed by atoms with van der Waals surface area (Å²) in [5, 5.41) is 0. The van der Waals surface area contributed by atoms with Crippen molar-refractivity contribution in [2.24, 2.45) is 5.73 Å². The largest absolute Gasteiger partial charge is 0.324 e. The lowest BCUT2D eigenvalue weighted by atomic mass is 9.96. The van der Waals surface area contributed by atoms with Gasteiger partial charge in [-0.2, -0.15) is 0 Å². The van der Waals surface area contributed by atoms with Crippen LogP contribution < -0.4 is 5.73 Å². The Morgan fingerprint density at radius 3 is 2.61 bits per heavy atom. The second kappa shape index (κ2) is 5.32. The van der Waals surface area contributed by atoms with Gasteiger partial charge in [0.25, 0.3) is 0 Å². The molecule has 1 unspecified atom stereocenters. The van der Waals surface area contributed by atoms with Gasteiger partial charge in [0.05, 0.1) is 0 Å². The molecule has 0 saturated carbocycles. The minimum Gasteiger partial charge on any atom is -0.324 e.